The van der Waals surface area contributed by atoms with Crippen LogP contribution in [0, 0.1) is 16.7 Å². The van der Waals surface area contributed by atoms with E-state index < -0.39 is 15.3 Å². The van der Waals surface area contributed by atoms with Crippen LogP contribution in [0.15, 0.2) is 0 Å². The van der Waals surface area contributed by atoms with Gasteiger partial charge in [0.25, 0.3) is 0 Å². The van der Waals surface area contributed by atoms with Crippen molar-refractivity contribution in [3.05, 3.63) is 0 Å². The molecule has 0 amide bonds. The Labute approximate surface area is 85.0 Å². The van der Waals surface area contributed by atoms with E-state index >= 15 is 0 Å². The van der Waals surface area contributed by atoms with Crippen molar-refractivity contribution in [3.8, 4) is 6.07 Å². The van der Waals surface area contributed by atoms with Crippen molar-refractivity contribution in [3.63, 3.8) is 0 Å². The van der Waals surface area contributed by atoms with Gasteiger partial charge in [-0.25, -0.2) is 8.42 Å². The molecule has 5 heteroatoms. The average Bonchev–Trinajstić information content (AvgIpc) is 2.16. The fourth-order valence-corrected chi connectivity index (χ4v) is 3.03. The number of nitriles is 1. The molecule has 80 valence electrons. The average molecular weight is 216 g/mol. The van der Waals surface area contributed by atoms with Gasteiger partial charge in [-0.2, -0.15) is 5.26 Å². The van der Waals surface area contributed by atoms with E-state index in [0.29, 0.717) is 32.2 Å². The summed E-state index contributed by atoms with van der Waals surface area (Å²) in [6, 6.07) is 2.22. The van der Waals surface area contributed by atoms with Crippen LogP contribution in [0.4, 0.5) is 0 Å². The Morgan fingerprint density at radius 2 is 2.00 bits per heavy atom. The summed E-state index contributed by atoms with van der Waals surface area (Å²) in [4.78, 5) is 0. The molecule has 4 nitrogen and oxygen atoms in total. The topological polar surface area (TPSA) is 84.0 Å². The lowest BCUT2D eigenvalue weighted by Crippen LogP contribution is -2.37. The molecule has 1 aliphatic carbocycles. The fraction of sp³-hybridized carbons (Fsp3) is 0.889. The first kappa shape index (κ1) is 11.5. The van der Waals surface area contributed by atoms with Crippen molar-refractivity contribution in [2.45, 2.75) is 30.9 Å². The molecule has 0 heterocycles. The zero-order chi connectivity index (χ0) is 10.8. The maximum absolute atomic E-state index is 11.3. The highest BCUT2D eigenvalue weighted by Gasteiger charge is 2.37. The lowest BCUT2D eigenvalue weighted by Gasteiger charge is -2.32. The minimum Gasteiger partial charge on any atom is -0.329 e. The van der Waals surface area contributed by atoms with Gasteiger partial charge < -0.3 is 5.73 Å². The first-order chi connectivity index (χ1) is 6.43. The van der Waals surface area contributed by atoms with Gasteiger partial charge in [0.2, 0.25) is 0 Å². The highest BCUT2D eigenvalue weighted by molar-refractivity contribution is 7.91. The van der Waals surface area contributed by atoms with Crippen LogP contribution in [0.3, 0.4) is 0 Å². The molecule has 0 unspecified atom stereocenters. The van der Waals surface area contributed by atoms with Gasteiger partial charge in [-0.3, -0.25) is 0 Å². The van der Waals surface area contributed by atoms with E-state index in [9.17, 15) is 8.42 Å². The maximum atomic E-state index is 11.3. The van der Waals surface area contributed by atoms with Gasteiger partial charge in [0, 0.05) is 12.8 Å². The standard InChI is InChI=1S/C9H16N2O2S/c1-14(12,13)8-2-4-9(6-10,7-11)5-3-8/h8H,2-6,10H2,1H3. The van der Waals surface area contributed by atoms with Crippen LogP contribution in [0.25, 0.3) is 0 Å². The van der Waals surface area contributed by atoms with Crippen molar-refractivity contribution in [2.24, 2.45) is 11.1 Å². The van der Waals surface area contributed by atoms with Crippen molar-refractivity contribution in [1.82, 2.24) is 0 Å². The third kappa shape index (κ3) is 2.25. The molecule has 0 atom stereocenters. The van der Waals surface area contributed by atoms with Gasteiger partial charge in [0.1, 0.15) is 9.84 Å². The normalized spacial score (nSPS) is 33.6. The van der Waals surface area contributed by atoms with Crippen molar-refractivity contribution >= 4 is 9.84 Å². The molecule has 0 saturated heterocycles. The fourth-order valence-electron chi connectivity index (χ4n) is 1.93. The van der Waals surface area contributed by atoms with Gasteiger partial charge in [0.05, 0.1) is 16.7 Å². The zero-order valence-corrected chi connectivity index (χ0v) is 9.18. The Morgan fingerprint density at radius 1 is 1.50 bits per heavy atom. The molecule has 1 aliphatic rings. The largest absolute Gasteiger partial charge is 0.329 e. The maximum Gasteiger partial charge on any atom is 0.150 e. The minimum absolute atomic E-state index is 0.268. The molecule has 1 fully saturated rings. The molecular formula is C9H16N2O2S. The smallest absolute Gasteiger partial charge is 0.150 e. The van der Waals surface area contributed by atoms with Gasteiger partial charge in [-0.15, -0.1) is 0 Å². The first-order valence-corrected chi connectivity index (χ1v) is 6.69. The second-order valence-electron chi connectivity index (χ2n) is 4.13. The molecule has 0 radical (unpaired) electrons. The molecule has 1 rings (SSSR count). The Kier molecular flexibility index (Phi) is 3.17. The van der Waals surface area contributed by atoms with Gasteiger partial charge in [0.15, 0.2) is 0 Å². The van der Waals surface area contributed by atoms with E-state index in [1.807, 2.05) is 0 Å². The SMILES string of the molecule is CS(=O)(=O)C1CCC(C#N)(CN)CC1. The summed E-state index contributed by atoms with van der Waals surface area (Å²) >= 11 is 0. The molecule has 0 bridgehead atoms. The third-order valence-electron chi connectivity index (χ3n) is 3.12. The molecule has 0 aromatic carbocycles. The summed E-state index contributed by atoms with van der Waals surface area (Å²) in [5, 5.41) is 8.68. The molecule has 0 spiro atoms. The summed E-state index contributed by atoms with van der Waals surface area (Å²) in [5.74, 6) is 0. The Balaban J connectivity index is 2.68. The number of hydrogen-bond acceptors (Lipinski definition) is 4. The lowest BCUT2D eigenvalue weighted by molar-refractivity contribution is 0.278. The van der Waals surface area contributed by atoms with Crippen LogP contribution in [0.1, 0.15) is 25.7 Å². The van der Waals surface area contributed by atoms with E-state index in [2.05, 4.69) is 6.07 Å². The molecule has 14 heavy (non-hydrogen) atoms. The van der Waals surface area contributed by atoms with Gasteiger partial charge in [-0.05, 0) is 25.7 Å². The van der Waals surface area contributed by atoms with E-state index in [0.717, 1.165) is 0 Å². The summed E-state index contributed by atoms with van der Waals surface area (Å²) < 4.78 is 22.5. The Hall–Kier alpha value is -0.600. The third-order valence-corrected chi connectivity index (χ3v) is 4.81. The van der Waals surface area contributed by atoms with Crippen LogP contribution in [-0.4, -0.2) is 26.5 Å². The number of rotatable bonds is 2. The molecule has 0 aromatic heterocycles. The number of sulfone groups is 1. The predicted octanol–water partition coefficient (Wildman–Crippen LogP) is 0.442. The van der Waals surface area contributed by atoms with E-state index in [-0.39, 0.29) is 5.25 Å². The molecular weight excluding hydrogens is 200 g/mol. The monoisotopic (exact) mass is 216 g/mol. The van der Waals surface area contributed by atoms with Crippen LogP contribution in [-0.2, 0) is 9.84 Å². The quantitative estimate of drug-likeness (QED) is 0.726. The Bertz CT molecular complexity index is 334. The summed E-state index contributed by atoms with van der Waals surface area (Å²) in [6.07, 6.45) is 3.63. The highest BCUT2D eigenvalue weighted by atomic mass is 32.2. The number of nitrogens with two attached hydrogens (primary N) is 1. The summed E-state index contributed by atoms with van der Waals surface area (Å²) in [6.45, 7) is 0.333. The highest BCUT2D eigenvalue weighted by Crippen LogP contribution is 2.36. The van der Waals surface area contributed by atoms with Crippen LogP contribution >= 0.6 is 0 Å². The van der Waals surface area contributed by atoms with Gasteiger partial charge in [-0.1, -0.05) is 0 Å². The van der Waals surface area contributed by atoms with E-state index in [4.69, 9.17) is 11.0 Å². The summed E-state index contributed by atoms with van der Waals surface area (Å²) in [5.41, 5.74) is 5.06. The van der Waals surface area contributed by atoms with Crippen molar-refractivity contribution < 1.29 is 8.42 Å². The van der Waals surface area contributed by atoms with E-state index in [1.54, 1.807) is 0 Å². The second kappa shape index (κ2) is 3.87. The van der Waals surface area contributed by atoms with Crippen molar-refractivity contribution in [2.75, 3.05) is 12.8 Å². The molecule has 0 aliphatic heterocycles. The zero-order valence-electron chi connectivity index (χ0n) is 8.36. The van der Waals surface area contributed by atoms with Gasteiger partial charge >= 0.3 is 0 Å². The second-order valence-corrected chi connectivity index (χ2v) is 6.45. The van der Waals surface area contributed by atoms with Crippen LogP contribution in [0.5, 0.6) is 0 Å². The molecule has 0 aromatic rings. The lowest BCUT2D eigenvalue weighted by atomic mass is 9.75. The van der Waals surface area contributed by atoms with Crippen LogP contribution < -0.4 is 5.73 Å². The first-order valence-electron chi connectivity index (χ1n) is 4.74. The molecule has 2 N–H and O–H groups in total. The number of hydrogen-bond donors (Lipinski definition) is 1. The minimum atomic E-state index is -2.94. The summed E-state index contributed by atoms with van der Waals surface area (Å²) in [7, 11) is -2.94. The van der Waals surface area contributed by atoms with E-state index in [1.165, 1.54) is 6.26 Å². The van der Waals surface area contributed by atoms with Crippen molar-refractivity contribution in [1.29, 1.82) is 5.26 Å². The Morgan fingerprint density at radius 3 is 2.29 bits per heavy atom. The van der Waals surface area contributed by atoms with Crippen LogP contribution in [0.2, 0.25) is 0 Å². The predicted molar refractivity (Wildman–Crippen MR) is 54.2 cm³/mol. The number of nitrogens with zero attached hydrogens (tertiary/aromatic N) is 1. The molecule has 1 saturated carbocycles.